The van der Waals surface area contributed by atoms with Gasteiger partial charge in [0.1, 0.15) is 11.9 Å². The Morgan fingerprint density at radius 3 is 2.44 bits per heavy atom. The molecule has 2 aliphatic heterocycles. The van der Waals surface area contributed by atoms with Crippen molar-refractivity contribution in [2.75, 3.05) is 45.2 Å². The summed E-state index contributed by atoms with van der Waals surface area (Å²) in [5, 5.41) is 9.38. The molecular formula is C24H32IN7O4. The highest BCUT2D eigenvalue weighted by Gasteiger charge is 2.41. The van der Waals surface area contributed by atoms with E-state index in [1.165, 1.54) is 0 Å². The van der Waals surface area contributed by atoms with Crippen LogP contribution in [0.3, 0.4) is 0 Å². The maximum absolute atomic E-state index is 13.6. The minimum Gasteiger partial charge on any atom is -0.384 e. The lowest BCUT2D eigenvalue weighted by atomic mass is 9.84. The zero-order valence-corrected chi connectivity index (χ0v) is 23.1. The number of methoxy groups -OCH3 is 1. The molecule has 4 rings (SSSR count). The van der Waals surface area contributed by atoms with E-state index in [9.17, 15) is 14.4 Å². The van der Waals surface area contributed by atoms with Gasteiger partial charge in [-0.2, -0.15) is 0 Å². The average molecular weight is 609 g/mol. The van der Waals surface area contributed by atoms with Crippen molar-refractivity contribution in [3.63, 3.8) is 0 Å². The molecule has 12 heteroatoms. The number of ether oxygens (including phenoxy) is 1. The van der Waals surface area contributed by atoms with Gasteiger partial charge in [0.2, 0.25) is 5.91 Å². The van der Waals surface area contributed by atoms with Gasteiger partial charge in [-0.3, -0.25) is 9.80 Å². The largest absolute Gasteiger partial charge is 0.384 e. The molecule has 0 spiro atoms. The number of anilines is 1. The lowest BCUT2D eigenvalue weighted by Gasteiger charge is -2.42. The van der Waals surface area contributed by atoms with Gasteiger partial charge in [0.05, 0.1) is 25.0 Å². The molecule has 0 bridgehead atoms. The number of aryl methyl sites for hydroxylation is 1. The van der Waals surface area contributed by atoms with Crippen LogP contribution in [-0.4, -0.2) is 88.4 Å². The number of fused-ring (bicyclic) bond motifs is 1. The Morgan fingerprint density at radius 1 is 1.17 bits per heavy atom. The number of benzene rings is 1. The van der Waals surface area contributed by atoms with Crippen molar-refractivity contribution in [3.05, 3.63) is 45.6 Å². The molecule has 3 heterocycles. The number of halogens is 1. The summed E-state index contributed by atoms with van der Waals surface area (Å²) in [5.74, 6) is 0.498. The zero-order valence-electron chi connectivity index (χ0n) is 21.0. The summed E-state index contributed by atoms with van der Waals surface area (Å²) in [6.07, 6.45) is 1.72. The molecule has 0 aliphatic carbocycles. The Hall–Kier alpha value is -2.71. The van der Waals surface area contributed by atoms with E-state index in [4.69, 9.17) is 4.74 Å². The number of imidazole rings is 1. The first-order valence-electron chi connectivity index (χ1n) is 11.8. The number of carbonyl (C=O) groups is 3. The van der Waals surface area contributed by atoms with Crippen molar-refractivity contribution >= 4 is 46.2 Å². The highest BCUT2D eigenvalue weighted by Crippen LogP contribution is 2.25. The SMILES string of the molecule is COCC(C)(C)C(NC(=O)Nc1ccc(I)cc1)C(=O)N1CCN(N2Cc3cnc(C)n3C2=O)CC1. The third-order valence-electron chi connectivity index (χ3n) is 6.57. The van der Waals surface area contributed by atoms with Crippen LogP contribution in [0.1, 0.15) is 25.4 Å². The van der Waals surface area contributed by atoms with Gasteiger partial charge in [-0.05, 0) is 53.8 Å². The number of carbonyl (C=O) groups excluding carboxylic acids is 3. The van der Waals surface area contributed by atoms with Gasteiger partial charge in [-0.1, -0.05) is 13.8 Å². The third kappa shape index (κ3) is 5.49. The fraction of sp³-hybridized carbons (Fsp3) is 0.500. The number of hydrogen-bond acceptors (Lipinski definition) is 6. The van der Waals surface area contributed by atoms with Crippen LogP contribution < -0.4 is 10.6 Å². The first-order chi connectivity index (χ1) is 17.1. The lowest BCUT2D eigenvalue weighted by molar-refractivity contribution is -0.141. The number of hydrogen-bond donors (Lipinski definition) is 2. The van der Waals surface area contributed by atoms with Crippen LogP contribution in [0, 0.1) is 15.9 Å². The average Bonchev–Trinajstić information content (AvgIpc) is 3.38. The summed E-state index contributed by atoms with van der Waals surface area (Å²) >= 11 is 2.20. The Balaban J connectivity index is 1.40. The van der Waals surface area contributed by atoms with E-state index in [-0.39, 0.29) is 11.9 Å². The van der Waals surface area contributed by atoms with Gasteiger partial charge in [-0.15, -0.1) is 0 Å². The van der Waals surface area contributed by atoms with E-state index in [0.29, 0.717) is 50.8 Å². The number of rotatable bonds is 7. The molecule has 4 amide bonds. The topological polar surface area (TPSA) is 112 Å². The van der Waals surface area contributed by atoms with Gasteiger partial charge in [0.15, 0.2) is 0 Å². The lowest BCUT2D eigenvalue weighted by Crippen LogP contribution is -2.62. The van der Waals surface area contributed by atoms with Crippen LogP contribution in [0.2, 0.25) is 0 Å². The molecule has 1 fully saturated rings. The zero-order chi connectivity index (χ0) is 26.0. The van der Waals surface area contributed by atoms with Crippen molar-refractivity contribution in [2.45, 2.75) is 33.4 Å². The molecule has 1 aromatic heterocycles. The molecule has 11 nitrogen and oxygen atoms in total. The van der Waals surface area contributed by atoms with Crippen LogP contribution >= 0.6 is 22.6 Å². The monoisotopic (exact) mass is 609 g/mol. The maximum Gasteiger partial charge on any atom is 0.344 e. The summed E-state index contributed by atoms with van der Waals surface area (Å²) in [7, 11) is 1.58. The van der Waals surface area contributed by atoms with Gasteiger partial charge < -0.3 is 20.3 Å². The Morgan fingerprint density at radius 2 is 1.83 bits per heavy atom. The fourth-order valence-corrected chi connectivity index (χ4v) is 5.00. The summed E-state index contributed by atoms with van der Waals surface area (Å²) in [6.45, 7) is 8.28. The van der Waals surface area contributed by atoms with E-state index < -0.39 is 17.5 Å². The summed E-state index contributed by atoms with van der Waals surface area (Å²) in [5.41, 5.74) is 0.856. The summed E-state index contributed by atoms with van der Waals surface area (Å²) < 4.78 is 8.04. The molecule has 1 saturated heterocycles. The normalized spacial score (nSPS) is 17.2. The number of nitrogens with zero attached hydrogens (tertiary/aromatic N) is 5. The Bertz CT molecular complexity index is 1130. The van der Waals surface area contributed by atoms with Crippen LogP contribution in [0.5, 0.6) is 0 Å². The molecule has 2 aliphatic rings. The first kappa shape index (κ1) is 26.4. The predicted molar refractivity (Wildman–Crippen MR) is 142 cm³/mol. The van der Waals surface area contributed by atoms with E-state index in [0.717, 1.165) is 9.26 Å². The quantitative estimate of drug-likeness (QED) is 0.467. The number of urea groups is 1. The van der Waals surface area contributed by atoms with E-state index >= 15 is 0 Å². The minimum atomic E-state index is -0.796. The molecule has 1 unspecified atom stereocenters. The number of hydrazine groups is 1. The second kappa shape index (κ2) is 10.7. The predicted octanol–water partition coefficient (Wildman–Crippen LogP) is 2.50. The number of nitrogens with one attached hydrogen (secondary N) is 2. The third-order valence-corrected chi connectivity index (χ3v) is 7.29. The van der Waals surface area contributed by atoms with Crippen LogP contribution in [-0.2, 0) is 16.1 Å². The van der Waals surface area contributed by atoms with Crippen LogP contribution in [0.4, 0.5) is 15.3 Å². The molecular weight excluding hydrogens is 577 g/mol. The number of amides is 4. The Kier molecular flexibility index (Phi) is 7.85. The number of piperazine rings is 1. The van der Waals surface area contributed by atoms with Crippen molar-refractivity contribution in [2.24, 2.45) is 5.41 Å². The minimum absolute atomic E-state index is 0.118. The molecule has 2 aromatic rings. The fourth-order valence-electron chi connectivity index (χ4n) is 4.64. The second-order valence-electron chi connectivity index (χ2n) is 9.71. The van der Waals surface area contributed by atoms with Crippen molar-refractivity contribution < 1.29 is 19.1 Å². The molecule has 0 radical (unpaired) electrons. The smallest absolute Gasteiger partial charge is 0.344 e. The molecule has 0 saturated carbocycles. The molecule has 194 valence electrons. The second-order valence-corrected chi connectivity index (χ2v) is 11.0. The van der Waals surface area contributed by atoms with Gasteiger partial charge >= 0.3 is 12.1 Å². The summed E-state index contributed by atoms with van der Waals surface area (Å²) in [6, 6.07) is 6.05. The van der Waals surface area contributed by atoms with E-state index in [1.54, 1.807) is 27.8 Å². The molecule has 1 aromatic carbocycles. The van der Waals surface area contributed by atoms with Gasteiger partial charge in [0, 0.05) is 48.0 Å². The Labute approximate surface area is 224 Å². The standard InChI is InChI=1S/C24H32IN7O4/c1-16-26-13-19-14-31(23(35)32(16)19)30-11-9-29(10-12-30)21(33)20(24(2,3)15-36-4)28-22(34)27-18-7-5-17(25)6-8-18/h5-8,13,20H,9-12,14-15H2,1-4H3,(H2,27,28,34). The van der Waals surface area contributed by atoms with E-state index in [2.05, 4.69) is 38.2 Å². The maximum atomic E-state index is 13.6. The molecule has 1 atom stereocenters. The number of aromatic nitrogens is 2. The molecule has 36 heavy (non-hydrogen) atoms. The van der Waals surface area contributed by atoms with E-state index in [1.807, 2.05) is 50.0 Å². The highest BCUT2D eigenvalue weighted by atomic mass is 127. The van der Waals surface area contributed by atoms with Crippen molar-refractivity contribution in [3.8, 4) is 0 Å². The molecule has 2 N–H and O–H groups in total. The van der Waals surface area contributed by atoms with Crippen molar-refractivity contribution in [1.82, 2.24) is 29.8 Å². The van der Waals surface area contributed by atoms with Crippen molar-refractivity contribution in [1.29, 1.82) is 0 Å². The van der Waals surface area contributed by atoms with Crippen LogP contribution in [0.25, 0.3) is 0 Å². The van der Waals surface area contributed by atoms with Crippen LogP contribution in [0.15, 0.2) is 30.5 Å². The van der Waals surface area contributed by atoms with Gasteiger partial charge in [-0.25, -0.2) is 24.1 Å². The van der Waals surface area contributed by atoms with Gasteiger partial charge in [0.25, 0.3) is 0 Å². The summed E-state index contributed by atoms with van der Waals surface area (Å²) in [4.78, 5) is 45.3. The highest BCUT2D eigenvalue weighted by molar-refractivity contribution is 14.1. The first-order valence-corrected chi connectivity index (χ1v) is 12.9.